The van der Waals surface area contributed by atoms with Crippen LogP contribution in [0.4, 0.5) is 5.69 Å². The molecule has 0 heterocycles. The molecule has 1 aliphatic carbocycles. The number of carbonyl (C=O) groups excluding carboxylic acids is 1. The second-order valence-electron chi connectivity index (χ2n) is 4.71. The molecule has 1 fully saturated rings. The monoisotopic (exact) mass is 280 g/mol. The molecule has 2 rings (SSSR count). The minimum absolute atomic E-state index is 0.000333. The minimum Gasteiger partial charge on any atom is -0.502 e. The maximum atomic E-state index is 12.3. The van der Waals surface area contributed by atoms with Crippen molar-refractivity contribution in [3.05, 3.63) is 33.9 Å². The van der Waals surface area contributed by atoms with Gasteiger partial charge in [0.05, 0.1) is 18.1 Å². The Hall–Kier alpha value is -2.15. The molecule has 20 heavy (non-hydrogen) atoms. The fourth-order valence-corrected chi connectivity index (χ4v) is 2.47. The molecule has 1 saturated carbocycles. The molecule has 1 aromatic carbocycles. The molecule has 1 amide bonds. The van der Waals surface area contributed by atoms with Crippen molar-refractivity contribution < 1.29 is 19.7 Å². The molecule has 1 aliphatic rings. The van der Waals surface area contributed by atoms with Gasteiger partial charge in [-0.25, -0.2) is 5.06 Å². The summed E-state index contributed by atoms with van der Waals surface area (Å²) in [5.41, 5.74) is -0.360. The Balaban J connectivity index is 2.27. The average Bonchev–Trinajstić information content (AvgIpc) is 2.93. The highest BCUT2D eigenvalue weighted by atomic mass is 16.7. The van der Waals surface area contributed by atoms with Gasteiger partial charge in [-0.3, -0.25) is 19.7 Å². The molecule has 108 valence electrons. The number of hydrogen-bond donors (Lipinski definition) is 1. The molecular weight excluding hydrogens is 264 g/mol. The van der Waals surface area contributed by atoms with Crippen molar-refractivity contribution in [2.75, 3.05) is 7.11 Å². The standard InChI is InChI=1S/C13H16N2O5/c1-20-14(10-4-2-3-5-10)13(17)9-6-7-12(16)11(8-9)15(18)19/h6-8,10,16H,2-5H2,1H3. The molecule has 0 atom stereocenters. The van der Waals surface area contributed by atoms with Gasteiger partial charge in [0, 0.05) is 11.6 Å². The number of rotatable bonds is 4. The Bertz CT molecular complexity index is 525. The molecule has 0 aromatic heterocycles. The highest BCUT2D eigenvalue weighted by molar-refractivity contribution is 5.94. The number of aromatic hydroxyl groups is 1. The normalized spacial score (nSPS) is 15.2. The SMILES string of the molecule is CON(C(=O)c1ccc(O)c([N+](=O)[O-])c1)C1CCCC1. The first-order valence-corrected chi connectivity index (χ1v) is 6.39. The van der Waals surface area contributed by atoms with Crippen LogP contribution >= 0.6 is 0 Å². The van der Waals surface area contributed by atoms with E-state index in [4.69, 9.17) is 4.84 Å². The van der Waals surface area contributed by atoms with E-state index in [2.05, 4.69) is 0 Å². The number of phenolic OH excluding ortho intramolecular Hbond substituents is 1. The van der Waals surface area contributed by atoms with Gasteiger partial charge in [-0.1, -0.05) is 12.8 Å². The maximum Gasteiger partial charge on any atom is 0.311 e. The molecule has 1 N–H and O–H groups in total. The smallest absolute Gasteiger partial charge is 0.311 e. The number of nitro groups is 1. The summed E-state index contributed by atoms with van der Waals surface area (Å²) in [6.45, 7) is 0. The van der Waals surface area contributed by atoms with Crippen LogP contribution in [-0.2, 0) is 4.84 Å². The van der Waals surface area contributed by atoms with Gasteiger partial charge in [-0.15, -0.1) is 0 Å². The van der Waals surface area contributed by atoms with E-state index in [-0.39, 0.29) is 11.6 Å². The van der Waals surface area contributed by atoms with Crippen molar-refractivity contribution in [2.24, 2.45) is 0 Å². The molecule has 0 aliphatic heterocycles. The van der Waals surface area contributed by atoms with Crippen LogP contribution in [0.2, 0.25) is 0 Å². The van der Waals surface area contributed by atoms with Gasteiger partial charge >= 0.3 is 5.69 Å². The summed E-state index contributed by atoms with van der Waals surface area (Å²) in [4.78, 5) is 27.5. The third-order valence-corrected chi connectivity index (χ3v) is 3.47. The van der Waals surface area contributed by atoms with Crippen LogP contribution in [0.3, 0.4) is 0 Å². The number of phenols is 1. The number of benzene rings is 1. The molecule has 7 heteroatoms. The lowest BCUT2D eigenvalue weighted by Gasteiger charge is -2.26. The molecule has 1 aromatic rings. The van der Waals surface area contributed by atoms with E-state index in [1.165, 1.54) is 18.2 Å². The Kier molecular flexibility index (Phi) is 4.19. The summed E-state index contributed by atoms with van der Waals surface area (Å²) < 4.78 is 0. The third-order valence-electron chi connectivity index (χ3n) is 3.47. The Labute approximate surface area is 115 Å². The van der Waals surface area contributed by atoms with E-state index in [1.54, 1.807) is 0 Å². The van der Waals surface area contributed by atoms with Crippen LogP contribution in [0, 0.1) is 10.1 Å². The first-order chi connectivity index (χ1) is 9.54. The van der Waals surface area contributed by atoms with Crippen LogP contribution < -0.4 is 0 Å². The van der Waals surface area contributed by atoms with Crippen molar-refractivity contribution in [1.82, 2.24) is 5.06 Å². The number of hydrogen-bond acceptors (Lipinski definition) is 5. The van der Waals surface area contributed by atoms with Crippen LogP contribution in [0.15, 0.2) is 18.2 Å². The molecule has 0 radical (unpaired) electrons. The predicted molar refractivity (Wildman–Crippen MR) is 70.2 cm³/mol. The van der Waals surface area contributed by atoms with E-state index >= 15 is 0 Å². The third kappa shape index (κ3) is 2.72. The number of carbonyl (C=O) groups is 1. The highest BCUT2D eigenvalue weighted by Crippen LogP contribution is 2.29. The topological polar surface area (TPSA) is 92.9 Å². The minimum atomic E-state index is -0.723. The van der Waals surface area contributed by atoms with Crippen molar-refractivity contribution in [3.8, 4) is 5.75 Å². The summed E-state index contributed by atoms with van der Waals surface area (Å²) in [7, 11) is 1.41. The predicted octanol–water partition coefficient (Wildman–Crippen LogP) is 2.25. The molecule has 0 bridgehead atoms. The zero-order valence-electron chi connectivity index (χ0n) is 11.1. The van der Waals surface area contributed by atoms with Crippen LogP contribution in [-0.4, -0.2) is 34.2 Å². The van der Waals surface area contributed by atoms with Gasteiger partial charge in [0.25, 0.3) is 5.91 Å². The lowest BCUT2D eigenvalue weighted by atomic mass is 10.1. The fraction of sp³-hybridized carbons (Fsp3) is 0.462. The summed E-state index contributed by atoms with van der Waals surface area (Å²) >= 11 is 0. The lowest BCUT2D eigenvalue weighted by Crippen LogP contribution is -2.37. The van der Waals surface area contributed by atoms with E-state index in [1.807, 2.05) is 0 Å². The van der Waals surface area contributed by atoms with Crippen molar-refractivity contribution >= 4 is 11.6 Å². The fourth-order valence-electron chi connectivity index (χ4n) is 2.47. The zero-order valence-corrected chi connectivity index (χ0v) is 11.1. The van der Waals surface area contributed by atoms with E-state index < -0.39 is 22.3 Å². The van der Waals surface area contributed by atoms with Crippen molar-refractivity contribution in [1.29, 1.82) is 0 Å². The number of hydroxylamine groups is 2. The van der Waals surface area contributed by atoms with E-state index in [0.717, 1.165) is 37.8 Å². The van der Waals surface area contributed by atoms with E-state index in [9.17, 15) is 20.0 Å². The van der Waals surface area contributed by atoms with Gasteiger partial charge in [-0.05, 0) is 25.0 Å². The second-order valence-corrected chi connectivity index (χ2v) is 4.71. The maximum absolute atomic E-state index is 12.3. The average molecular weight is 280 g/mol. The van der Waals surface area contributed by atoms with Gasteiger partial charge in [0.15, 0.2) is 5.75 Å². The number of amides is 1. The van der Waals surface area contributed by atoms with Gasteiger partial charge in [0.1, 0.15) is 0 Å². The summed E-state index contributed by atoms with van der Waals surface area (Å²) in [6, 6.07) is 3.57. The number of nitro benzene ring substituents is 1. The molecule has 7 nitrogen and oxygen atoms in total. The Morgan fingerprint density at radius 3 is 2.65 bits per heavy atom. The van der Waals surface area contributed by atoms with E-state index in [0.29, 0.717) is 0 Å². The summed E-state index contributed by atoms with van der Waals surface area (Å²) in [6.07, 6.45) is 3.79. The zero-order chi connectivity index (χ0) is 14.7. The Morgan fingerprint density at radius 1 is 1.45 bits per heavy atom. The quantitative estimate of drug-likeness (QED) is 0.674. The summed E-state index contributed by atoms with van der Waals surface area (Å²) in [5, 5.41) is 21.4. The van der Waals surface area contributed by atoms with Crippen LogP contribution in [0.5, 0.6) is 5.75 Å². The van der Waals surface area contributed by atoms with Gasteiger partial charge < -0.3 is 5.11 Å². The lowest BCUT2D eigenvalue weighted by molar-refractivity contribution is -0.385. The summed E-state index contributed by atoms with van der Waals surface area (Å²) in [5.74, 6) is -0.890. The van der Waals surface area contributed by atoms with Gasteiger partial charge in [-0.2, -0.15) is 0 Å². The van der Waals surface area contributed by atoms with Crippen LogP contribution in [0.25, 0.3) is 0 Å². The largest absolute Gasteiger partial charge is 0.502 e. The molecule has 0 saturated heterocycles. The first kappa shape index (κ1) is 14.3. The van der Waals surface area contributed by atoms with Crippen LogP contribution in [0.1, 0.15) is 36.0 Å². The molecule has 0 unspecified atom stereocenters. The Morgan fingerprint density at radius 2 is 2.10 bits per heavy atom. The molecule has 0 spiro atoms. The highest BCUT2D eigenvalue weighted by Gasteiger charge is 2.29. The molecular formula is C13H16N2O5. The second kappa shape index (κ2) is 5.87. The van der Waals surface area contributed by atoms with Crippen molar-refractivity contribution in [3.63, 3.8) is 0 Å². The number of nitrogens with zero attached hydrogens (tertiary/aromatic N) is 2. The van der Waals surface area contributed by atoms with Crippen molar-refractivity contribution in [2.45, 2.75) is 31.7 Å². The van der Waals surface area contributed by atoms with Gasteiger partial charge in [0.2, 0.25) is 0 Å². The first-order valence-electron chi connectivity index (χ1n) is 6.39.